The minimum atomic E-state index is -1.44. The van der Waals surface area contributed by atoms with E-state index in [1.165, 1.54) is 25.0 Å². The third kappa shape index (κ3) is 11.7. The highest BCUT2D eigenvalue weighted by Crippen LogP contribution is 2.06. The van der Waals surface area contributed by atoms with E-state index < -0.39 is 53.8 Å². The molecule has 0 spiro atoms. The van der Waals surface area contributed by atoms with E-state index in [1.807, 2.05) is 0 Å². The fraction of sp³-hybridized carbons (Fsp3) is 0.478. The van der Waals surface area contributed by atoms with Gasteiger partial charge in [0.05, 0.1) is 18.7 Å². The molecule has 2 heterocycles. The van der Waals surface area contributed by atoms with Crippen molar-refractivity contribution in [3.63, 3.8) is 0 Å². The zero-order valence-corrected chi connectivity index (χ0v) is 22.2. The summed E-state index contributed by atoms with van der Waals surface area (Å²) in [5, 5.41) is 17.0. The standard InChI is InChI=1S/C23H36N12O6/c24-14(6-12-8-28-10-31-12)19(37)33-15(2-1-5-30-23(26)27)20(38)35-17(7-13-9-29-11-32-13)21(39)34-16(22(40)41)3-4-18(25)36/h8-11,14-17H,1-7,24H2,(H2,25,36)(H,28,31)(H,29,32)(H,33,37)(H,34,39)(H,35,38)(H,40,41)(H4,26,27,30). The number of nitrogens with one attached hydrogen (secondary N) is 5. The second-order valence-corrected chi connectivity index (χ2v) is 9.14. The maximum atomic E-state index is 13.4. The molecule has 2 rings (SSSR count). The number of carbonyl (C=O) groups excluding carboxylic acids is 4. The number of nitrogens with two attached hydrogens (primary N) is 4. The van der Waals surface area contributed by atoms with Crippen LogP contribution >= 0.6 is 0 Å². The normalized spacial score (nSPS) is 13.7. The first kappa shape index (κ1) is 32.2. The second kappa shape index (κ2) is 16.2. The zero-order valence-electron chi connectivity index (χ0n) is 22.2. The fourth-order valence-corrected chi connectivity index (χ4v) is 3.69. The highest BCUT2D eigenvalue weighted by atomic mass is 16.4. The zero-order chi connectivity index (χ0) is 30.4. The Kier molecular flexibility index (Phi) is 12.7. The monoisotopic (exact) mass is 576 g/mol. The van der Waals surface area contributed by atoms with Crippen molar-refractivity contribution in [1.82, 2.24) is 35.9 Å². The average Bonchev–Trinajstić information content (AvgIpc) is 3.61. The van der Waals surface area contributed by atoms with E-state index in [0.717, 1.165) is 0 Å². The lowest BCUT2D eigenvalue weighted by atomic mass is 10.1. The van der Waals surface area contributed by atoms with Gasteiger partial charge in [0.2, 0.25) is 23.6 Å². The van der Waals surface area contributed by atoms with E-state index in [-0.39, 0.29) is 51.0 Å². The van der Waals surface area contributed by atoms with Crippen LogP contribution in [0.25, 0.3) is 0 Å². The molecule has 0 aliphatic heterocycles. The van der Waals surface area contributed by atoms with Gasteiger partial charge in [-0.3, -0.25) is 24.2 Å². The van der Waals surface area contributed by atoms with Gasteiger partial charge in [0.15, 0.2) is 5.96 Å². The molecule has 0 bridgehead atoms. The molecule has 2 aromatic rings. The van der Waals surface area contributed by atoms with Gasteiger partial charge >= 0.3 is 5.97 Å². The van der Waals surface area contributed by atoms with Crippen LogP contribution < -0.4 is 38.9 Å². The van der Waals surface area contributed by atoms with Crippen molar-refractivity contribution in [2.75, 3.05) is 6.54 Å². The molecule has 18 nitrogen and oxygen atoms in total. The topological polar surface area (TPSA) is 315 Å². The fourth-order valence-electron chi connectivity index (χ4n) is 3.69. The van der Waals surface area contributed by atoms with Gasteiger partial charge in [-0.05, 0) is 19.3 Å². The molecular formula is C23H36N12O6. The summed E-state index contributed by atoms with van der Waals surface area (Å²) >= 11 is 0. The Morgan fingerprint density at radius 1 is 0.829 bits per heavy atom. The molecule has 4 unspecified atom stereocenters. The Hall–Kier alpha value is -5.00. The van der Waals surface area contributed by atoms with Crippen molar-refractivity contribution in [2.24, 2.45) is 27.9 Å². The number of aliphatic imine (C=N–C) groups is 1. The summed E-state index contributed by atoms with van der Waals surface area (Å²) in [6, 6.07) is -4.89. The average molecular weight is 577 g/mol. The van der Waals surface area contributed by atoms with Gasteiger partial charge in [-0.2, -0.15) is 0 Å². The van der Waals surface area contributed by atoms with Gasteiger partial charge in [-0.1, -0.05) is 0 Å². The molecule has 41 heavy (non-hydrogen) atoms. The molecule has 0 aromatic carbocycles. The lowest BCUT2D eigenvalue weighted by Gasteiger charge is -2.25. The third-order valence-electron chi connectivity index (χ3n) is 5.82. The van der Waals surface area contributed by atoms with Crippen LogP contribution in [0.2, 0.25) is 0 Å². The van der Waals surface area contributed by atoms with E-state index in [9.17, 15) is 29.1 Å². The van der Waals surface area contributed by atoms with Crippen molar-refractivity contribution in [3.05, 3.63) is 36.4 Å². The SMILES string of the molecule is NC(=O)CCC(NC(=O)C(Cc1cnc[nH]1)NC(=O)C(CCCN=C(N)N)NC(=O)C(N)Cc1cnc[nH]1)C(=O)O. The Morgan fingerprint density at radius 3 is 1.93 bits per heavy atom. The molecule has 0 saturated heterocycles. The molecule has 14 N–H and O–H groups in total. The first-order valence-corrected chi connectivity index (χ1v) is 12.6. The van der Waals surface area contributed by atoms with Crippen molar-refractivity contribution in [3.8, 4) is 0 Å². The van der Waals surface area contributed by atoms with Crippen LogP contribution in [0.3, 0.4) is 0 Å². The van der Waals surface area contributed by atoms with Crippen molar-refractivity contribution >= 4 is 35.6 Å². The number of hydrogen-bond donors (Lipinski definition) is 10. The van der Waals surface area contributed by atoms with Crippen LogP contribution in [-0.2, 0) is 36.8 Å². The number of carboxylic acids is 1. The molecule has 18 heteroatoms. The van der Waals surface area contributed by atoms with Gasteiger partial charge in [0.25, 0.3) is 0 Å². The summed E-state index contributed by atoms with van der Waals surface area (Å²) in [5.74, 6) is -4.47. The first-order valence-electron chi connectivity index (χ1n) is 12.6. The predicted octanol–water partition coefficient (Wildman–Crippen LogP) is -3.90. The van der Waals surface area contributed by atoms with Crippen molar-refractivity contribution in [1.29, 1.82) is 0 Å². The number of carbonyl (C=O) groups is 5. The summed E-state index contributed by atoms with van der Waals surface area (Å²) in [7, 11) is 0. The number of aliphatic carboxylic acids is 1. The molecule has 0 saturated carbocycles. The van der Waals surface area contributed by atoms with Gasteiger partial charge < -0.3 is 54.0 Å². The lowest BCUT2D eigenvalue weighted by molar-refractivity contribution is -0.142. The van der Waals surface area contributed by atoms with Crippen molar-refractivity contribution < 1.29 is 29.1 Å². The van der Waals surface area contributed by atoms with Crippen LogP contribution in [0.4, 0.5) is 0 Å². The largest absolute Gasteiger partial charge is 0.480 e. The molecule has 0 radical (unpaired) electrons. The van der Waals surface area contributed by atoms with Gasteiger partial charge in [-0.25, -0.2) is 14.8 Å². The molecular weight excluding hydrogens is 540 g/mol. The number of amides is 4. The quantitative estimate of drug-likeness (QED) is 0.0464. The van der Waals surface area contributed by atoms with Gasteiger partial charge in [0.1, 0.15) is 18.1 Å². The highest BCUT2D eigenvalue weighted by Gasteiger charge is 2.31. The summed E-state index contributed by atoms with van der Waals surface area (Å²) in [4.78, 5) is 79.4. The number of nitrogens with zero attached hydrogens (tertiary/aromatic N) is 3. The minimum Gasteiger partial charge on any atom is -0.480 e. The van der Waals surface area contributed by atoms with E-state index in [1.54, 1.807) is 0 Å². The minimum absolute atomic E-state index is 0.0832. The number of carboxylic acid groups (broad SMARTS) is 1. The molecule has 0 aliphatic carbocycles. The molecule has 0 aliphatic rings. The van der Waals surface area contributed by atoms with Crippen molar-refractivity contribution in [2.45, 2.75) is 62.7 Å². The van der Waals surface area contributed by atoms with E-state index in [4.69, 9.17) is 22.9 Å². The van der Waals surface area contributed by atoms with Crippen LogP contribution in [0.1, 0.15) is 37.1 Å². The number of imidazole rings is 2. The molecule has 2 aromatic heterocycles. The number of aromatic nitrogens is 4. The number of rotatable bonds is 18. The Bertz CT molecular complexity index is 1180. The number of aromatic amines is 2. The molecule has 4 atom stereocenters. The van der Waals surface area contributed by atoms with E-state index in [0.29, 0.717) is 11.4 Å². The Labute approximate surface area is 234 Å². The van der Waals surface area contributed by atoms with Gasteiger partial charge in [0, 0.05) is 49.6 Å². The van der Waals surface area contributed by atoms with Crippen LogP contribution in [0.5, 0.6) is 0 Å². The number of hydrogen-bond acceptors (Lipinski definition) is 9. The highest BCUT2D eigenvalue weighted by molar-refractivity contribution is 5.94. The smallest absolute Gasteiger partial charge is 0.326 e. The number of H-pyrrole nitrogens is 2. The Balaban J connectivity index is 2.19. The maximum absolute atomic E-state index is 13.4. The number of guanidine groups is 1. The van der Waals surface area contributed by atoms with Gasteiger partial charge in [-0.15, -0.1) is 0 Å². The molecule has 0 fully saturated rings. The van der Waals surface area contributed by atoms with E-state index >= 15 is 0 Å². The molecule has 4 amide bonds. The van der Waals surface area contributed by atoms with Crippen LogP contribution in [0, 0.1) is 0 Å². The maximum Gasteiger partial charge on any atom is 0.326 e. The first-order chi connectivity index (χ1) is 19.5. The predicted molar refractivity (Wildman–Crippen MR) is 144 cm³/mol. The summed E-state index contributed by atoms with van der Waals surface area (Å²) in [5.41, 5.74) is 22.9. The second-order valence-electron chi connectivity index (χ2n) is 9.14. The lowest BCUT2D eigenvalue weighted by Crippen LogP contribution is -2.57. The van der Waals surface area contributed by atoms with Crippen LogP contribution in [0.15, 0.2) is 30.0 Å². The third-order valence-corrected chi connectivity index (χ3v) is 5.82. The summed E-state index contributed by atoms with van der Waals surface area (Å²) in [6.07, 6.45) is 5.62. The summed E-state index contributed by atoms with van der Waals surface area (Å²) < 4.78 is 0. The summed E-state index contributed by atoms with van der Waals surface area (Å²) in [6.45, 7) is 0.167. The Morgan fingerprint density at radius 2 is 1.39 bits per heavy atom. The van der Waals surface area contributed by atoms with Crippen LogP contribution in [-0.4, -0.2) is 91.3 Å². The number of primary amides is 1. The molecule has 224 valence electrons. The van der Waals surface area contributed by atoms with E-state index in [2.05, 4.69) is 40.9 Å².